The molecule has 8 heavy (non-hydrogen) atoms. The Labute approximate surface area is 81.1 Å². The third kappa shape index (κ3) is 10.2. The Kier molecular flexibility index (Phi) is 7.45. The molecule has 0 radical (unpaired) electrons. The molecule has 0 spiro atoms. The van der Waals surface area contributed by atoms with Crippen LogP contribution in [0.2, 0.25) is 0 Å². The van der Waals surface area contributed by atoms with Gasteiger partial charge in [-0.25, -0.2) is 0 Å². The molecule has 0 aromatic carbocycles. The van der Waals surface area contributed by atoms with Crippen molar-refractivity contribution in [2.45, 2.75) is 0 Å². The second kappa shape index (κ2) is 5.00. The zero-order chi connectivity index (χ0) is 5.91. The summed E-state index contributed by atoms with van der Waals surface area (Å²) in [7, 11) is 6.16. The maximum absolute atomic E-state index is 8.39. The minimum absolute atomic E-state index is 0. The van der Waals surface area contributed by atoms with Crippen LogP contribution in [0.1, 0.15) is 0 Å². The van der Waals surface area contributed by atoms with Gasteiger partial charge in [-0.2, -0.15) is 0 Å². The first-order valence-electron chi connectivity index (χ1n) is 2.47. The molecule has 0 unspecified atom stereocenters. The van der Waals surface area contributed by atoms with E-state index >= 15 is 0 Å². The molecule has 0 rings (SSSR count). The fourth-order valence-electron chi connectivity index (χ4n) is 0.300. The predicted molar refractivity (Wildman–Crippen MR) is 38.5 cm³/mol. The molecule has 3 heteroatoms. The molecule has 0 aliphatic carbocycles. The quantitative estimate of drug-likeness (QED) is 0.382. The molecular weight excluding hydrogens is 130 g/mol. The summed E-state index contributed by atoms with van der Waals surface area (Å²) >= 11 is 0. The van der Waals surface area contributed by atoms with E-state index in [1.807, 2.05) is 0 Å². The van der Waals surface area contributed by atoms with Crippen LogP contribution >= 0.6 is 0 Å². The van der Waals surface area contributed by atoms with E-state index in [-0.39, 0.29) is 44.3 Å². The van der Waals surface area contributed by atoms with Crippen molar-refractivity contribution in [2.75, 3.05) is 34.3 Å². The molecule has 1 N–H and O–H groups in total. The van der Waals surface area contributed by atoms with Crippen LogP contribution in [0.25, 0.3) is 0 Å². The van der Waals surface area contributed by atoms with E-state index in [2.05, 4.69) is 21.1 Å². The first-order chi connectivity index (χ1) is 3.06. The van der Waals surface area contributed by atoms with Crippen LogP contribution in [-0.2, 0) is 0 Å². The van der Waals surface area contributed by atoms with Gasteiger partial charge in [-0.15, -0.1) is 0 Å². The van der Waals surface area contributed by atoms with Crippen molar-refractivity contribution >= 4 is 37.7 Å². The number of nitrogens with zero attached hydrogens (tertiary/aromatic N) is 1. The van der Waals surface area contributed by atoms with Gasteiger partial charge in [-0.05, 0) is 0 Å². The summed E-state index contributed by atoms with van der Waals surface area (Å²) in [5.41, 5.74) is 0. The Bertz CT molecular complexity index is 50.9. The van der Waals surface area contributed by atoms with Gasteiger partial charge in [0.25, 0.3) is 0 Å². The summed E-state index contributed by atoms with van der Waals surface area (Å²) < 4.78 is 0.844. The Morgan fingerprint density at radius 1 is 1.25 bits per heavy atom. The van der Waals surface area contributed by atoms with Crippen LogP contribution < -0.4 is 0 Å². The number of quaternary nitrogens is 1. The molecule has 0 saturated heterocycles. The summed E-state index contributed by atoms with van der Waals surface area (Å²) in [5, 5.41) is 8.39. The number of hydrogen-bond acceptors (Lipinski definition) is 1. The summed E-state index contributed by atoms with van der Waals surface area (Å²) in [6.07, 6.45) is 0. The number of likely N-dealkylation sites (N-methyl/N-ethyl adjacent to an activating group) is 1. The Hall–Kier alpha value is 1.18. The summed E-state index contributed by atoms with van der Waals surface area (Å²) in [5.74, 6) is 0. The Balaban J connectivity index is 0. The van der Waals surface area contributed by atoms with E-state index < -0.39 is 0 Å². The molecule has 0 atom stereocenters. The summed E-state index contributed by atoms with van der Waals surface area (Å²) in [6.45, 7) is 1.11. The third-order valence-corrected chi connectivity index (χ3v) is 0.771. The molecule has 0 heterocycles. The van der Waals surface area contributed by atoms with Gasteiger partial charge in [0.1, 0.15) is 6.54 Å². The molecule has 0 aliphatic heterocycles. The number of hydrogen-bond donors (Lipinski definition) is 1. The van der Waals surface area contributed by atoms with Gasteiger partial charge in [0.2, 0.25) is 0 Å². The first kappa shape index (κ1) is 11.9. The standard InChI is InChI=1S/C5H14NO.Ca.2H/c1-6(2,3)4-5-7;;;/h7H,4-5H2,1-3H3;;;/q+1;;;. The van der Waals surface area contributed by atoms with Crippen molar-refractivity contribution in [2.24, 2.45) is 0 Å². The monoisotopic (exact) mass is 146 g/mol. The molecular formula is C5H16CaNO+. The van der Waals surface area contributed by atoms with Crippen molar-refractivity contribution < 1.29 is 9.59 Å². The molecule has 0 bridgehead atoms. The van der Waals surface area contributed by atoms with Crippen molar-refractivity contribution in [3.05, 3.63) is 0 Å². The number of aliphatic hydroxyl groups excluding tert-OH is 1. The van der Waals surface area contributed by atoms with E-state index in [1.165, 1.54) is 0 Å². The summed E-state index contributed by atoms with van der Waals surface area (Å²) in [6, 6.07) is 0. The first-order valence-corrected chi connectivity index (χ1v) is 2.47. The molecule has 0 saturated carbocycles. The van der Waals surface area contributed by atoms with Crippen molar-refractivity contribution in [1.29, 1.82) is 0 Å². The van der Waals surface area contributed by atoms with Gasteiger partial charge in [0.15, 0.2) is 0 Å². The maximum atomic E-state index is 8.39. The van der Waals surface area contributed by atoms with E-state index in [0.717, 1.165) is 11.0 Å². The number of rotatable bonds is 2. The predicted octanol–water partition coefficient (Wildman–Crippen LogP) is -1.23. The molecule has 0 amide bonds. The van der Waals surface area contributed by atoms with Crippen LogP contribution in [0.5, 0.6) is 0 Å². The van der Waals surface area contributed by atoms with Gasteiger partial charge < -0.3 is 9.59 Å². The average Bonchev–Trinajstić information content (AvgIpc) is 1.30. The van der Waals surface area contributed by atoms with Crippen LogP contribution in [-0.4, -0.2) is 81.6 Å². The molecule has 0 fully saturated rings. The molecule has 2 nitrogen and oxygen atoms in total. The average molecular weight is 146 g/mol. The molecule has 0 aromatic rings. The van der Waals surface area contributed by atoms with E-state index in [9.17, 15) is 0 Å². The minimum atomic E-state index is 0. The molecule has 0 aromatic heterocycles. The van der Waals surface area contributed by atoms with E-state index in [0.29, 0.717) is 0 Å². The van der Waals surface area contributed by atoms with Gasteiger partial charge in [0, 0.05) is 0 Å². The van der Waals surface area contributed by atoms with Gasteiger partial charge in [-0.1, -0.05) is 0 Å². The van der Waals surface area contributed by atoms with Gasteiger partial charge in [0.05, 0.1) is 27.7 Å². The van der Waals surface area contributed by atoms with Crippen LogP contribution in [0, 0.1) is 0 Å². The van der Waals surface area contributed by atoms with Crippen LogP contribution in [0.15, 0.2) is 0 Å². The fraction of sp³-hybridized carbons (Fsp3) is 1.00. The second-order valence-electron chi connectivity index (χ2n) is 2.74. The zero-order valence-corrected chi connectivity index (χ0v) is 5.31. The van der Waals surface area contributed by atoms with E-state index in [4.69, 9.17) is 5.11 Å². The molecule has 48 valence electrons. The van der Waals surface area contributed by atoms with Gasteiger partial charge >= 0.3 is 37.7 Å². The van der Waals surface area contributed by atoms with Gasteiger partial charge in [-0.3, -0.25) is 0 Å². The topological polar surface area (TPSA) is 20.2 Å². The fourth-order valence-corrected chi connectivity index (χ4v) is 0.300. The van der Waals surface area contributed by atoms with E-state index in [1.54, 1.807) is 0 Å². The third-order valence-electron chi connectivity index (χ3n) is 0.771. The molecule has 0 aliphatic rings. The second-order valence-corrected chi connectivity index (χ2v) is 2.74. The van der Waals surface area contributed by atoms with Crippen LogP contribution in [0.3, 0.4) is 0 Å². The van der Waals surface area contributed by atoms with Crippen molar-refractivity contribution in [3.63, 3.8) is 0 Å². The summed E-state index contributed by atoms with van der Waals surface area (Å²) in [4.78, 5) is 0. The Morgan fingerprint density at radius 2 is 1.62 bits per heavy atom. The number of aliphatic hydroxyl groups is 1. The Morgan fingerprint density at radius 3 is 1.62 bits per heavy atom. The van der Waals surface area contributed by atoms with Crippen LogP contribution in [0.4, 0.5) is 0 Å². The zero-order valence-electron chi connectivity index (χ0n) is 5.31. The van der Waals surface area contributed by atoms with Crippen molar-refractivity contribution in [3.8, 4) is 0 Å². The van der Waals surface area contributed by atoms with Crippen molar-refractivity contribution in [1.82, 2.24) is 0 Å². The SMILES string of the molecule is C[N+](C)(C)CCO.[CaH2]. The normalized spacial score (nSPS) is 10.5.